The van der Waals surface area contributed by atoms with Crippen LogP contribution in [0.5, 0.6) is 0 Å². The van der Waals surface area contributed by atoms with E-state index in [-0.39, 0.29) is 5.82 Å². The predicted octanol–water partition coefficient (Wildman–Crippen LogP) is 3.33. The summed E-state index contributed by atoms with van der Waals surface area (Å²) in [6.45, 7) is 4.93. The Morgan fingerprint density at radius 3 is 2.42 bits per heavy atom. The van der Waals surface area contributed by atoms with Crippen molar-refractivity contribution in [3.05, 3.63) is 70.5 Å². The standard InChI is InChI=1S/C19H22ClFN2O/c20-16-5-3-4-15(12-16)13-22-8-10-23(11-9-22)14-19(24)17-6-1-2-7-18(17)21/h1-7,12,19,24H,8-11,13-14H2/t19-/m0/s1. The Bertz CT molecular complexity index is 674. The SMILES string of the molecule is O[C@@H](CN1CCN(Cc2cccc(Cl)c2)CC1)c1ccccc1F. The number of β-amino-alcohol motifs (C(OH)–C–C–N with tert-alkyl or cyclic N) is 1. The number of benzene rings is 2. The molecular formula is C19H22ClFN2O. The minimum atomic E-state index is -0.786. The van der Waals surface area contributed by atoms with E-state index in [9.17, 15) is 9.50 Å². The molecule has 0 bridgehead atoms. The van der Waals surface area contributed by atoms with Gasteiger partial charge in [-0.15, -0.1) is 0 Å². The molecule has 0 radical (unpaired) electrons. The first kappa shape index (κ1) is 17.4. The van der Waals surface area contributed by atoms with Gasteiger partial charge in [0.2, 0.25) is 0 Å². The minimum absolute atomic E-state index is 0.343. The normalized spacial score (nSPS) is 17.8. The van der Waals surface area contributed by atoms with Gasteiger partial charge in [0.05, 0.1) is 6.10 Å². The number of aliphatic hydroxyl groups is 1. The molecule has 0 aromatic heterocycles. The molecule has 24 heavy (non-hydrogen) atoms. The number of piperazine rings is 1. The fourth-order valence-electron chi connectivity index (χ4n) is 3.11. The predicted molar refractivity (Wildman–Crippen MR) is 94.5 cm³/mol. The second-order valence-electron chi connectivity index (χ2n) is 6.24. The highest BCUT2D eigenvalue weighted by molar-refractivity contribution is 6.30. The van der Waals surface area contributed by atoms with E-state index in [0.29, 0.717) is 12.1 Å². The topological polar surface area (TPSA) is 26.7 Å². The maximum absolute atomic E-state index is 13.7. The van der Waals surface area contributed by atoms with Gasteiger partial charge in [-0.3, -0.25) is 9.80 Å². The van der Waals surface area contributed by atoms with Crippen molar-refractivity contribution in [1.29, 1.82) is 0 Å². The molecule has 0 unspecified atom stereocenters. The maximum Gasteiger partial charge on any atom is 0.129 e. The molecule has 2 aromatic rings. The molecule has 1 atom stereocenters. The molecule has 1 aliphatic heterocycles. The van der Waals surface area contributed by atoms with E-state index in [4.69, 9.17) is 11.6 Å². The summed E-state index contributed by atoms with van der Waals surface area (Å²) in [7, 11) is 0. The van der Waals surface area contributed by atoms with Crippen molar-refractivity contribution < 1.29 is 9.50 Å². The summed E-state index contributed by atoms with van der Waals surface area (Å²) in [5, 5.41) is 11.0. The molecule has 5 heteroatoms. The Labute approximate surface area is 147 Å². The van der Waals surface area contributed by atoms with Crippen LogP contribution in [0.4, 0.5) is 4.39 Å². The fraction of sp³-hybridized carbons (Fsp3) is 0.368. The first-order chi connectivity index (χ1) is 11.6. The summed E-state index contributed by atoms with van der Waals surface area (Å²) >= 11 is 6.03. The third-order valence-electron chi connectivity index (χ3n) is 4.46. The molecule has 3 nitrogen and oxygen atoms in total. The van der Waals surface area contributed by atoms with Crippen LogP contribution in [0.25, 0.3) is 0 Å². The Morgan fingerprint density at radius 1 is 1.00 bits per heavy atom. The average Bonchev–Trinajstić information content (AvgIpc) is 2.57. The summed E-state index contributed by atoms with van der Waals surface area (Å²) in [5.74, 6) is -0.343. The average molecular weight is 349 g/mol. The molecular weight excluding hydrogens is 327 g/mol. The van der Waals surface area contributed by atoms with Crippen LogP contribution in [-0.2, 0) is 6.54 Å². The van der Waals surface area contributed by atoms with Gasteiger partial charge in [0.25, 0.3) is 0 Å². The number of nitrogens with zero attached hydrogens (tertiary/aromatic N) is 2. The van der Waals surface area contributed by atoms with Crippen LogP contribution >= 0.6 is 11.6 Å². The molecule has 0 saturated carbocycles. The van der Waals surface area contributed by atoms with Crippen LogP contribution in [0.1, 0.15) is 17.2 Å². The van der Waals surface area contributed by atoms with Gasteiger partial charge < -0.3 is 5.11 Å². The molecule has 128 valence electrons. The second kappa shape index (κ2) is 8.08. The molecule has 0 spiro atoms. The minimum Gasteiger partial charge on any atom is -0.387 e. The second-order valence-corrected chi connectivity index (χ2v) is 6.68. The van der Waals surface area contributed by atoms with Gasteiger partial charge in [0, 0.05) is 49.9 Å². The van der Waals surface area contributed by atoms with Gasteiger partial charge in [0.15, 0.2) is 0 Å². The summed E-state index contributed by atoms with van der Waals surface area (Å²) in [6, 6.07) is 14.4. The third kappa shape index (κ3) is 4.54. The van der Waals surface area contributed by atoms with E-state index >= 15 is 0 Å². The lowest BCUT2D eigenvalue weighted by Gasteiger charge is -2.35. The van der Waals surface area contributed by atoms with Crippen molar-refractivity contribution in [1.82, 2.24) is 9.80 Å². The van der Waals surface area contributed by atoms with Crippen molar-refractivity contribution in [3.8, 4) is 0 Å². The summed E-state index contributed by atoms with van der Waals surface area (Å²) in [4.78, 5) is 4.56. The van der Waals surface area contributed by atoms with Crippen LogP contribution in [0.2, 0.25) is 5.02 Å². The zero-order chi connectivity index (χ0) is 16.9. The lowest BCUT2D eigenvalue weighted by atomic mass is 10.1. The smallest absolute Gasteiger partial charge is 0.129 e. The van der Waals surface area contributed by atoms with E-state index in [0.717, 1.165) is 37.7 Å². The van der Waals surface area contributed by atoms with Gasteiger partial charge in [0.1, 0.15) is 5.82 Å². The van der Waals surface area contributed by atoms with Crippen LogP contribution in [0.3, 0.4) is 0 Å². The Hall–Kier alpha value is -1.46. The first-order valence-electron chi connectivity index (χ1n) is 8.23. The molecule has 1 heterocycles. The van der Waals surface area contributed by atoms with E-state index in [1.807, 2.05) is 18.2 Å². The van der Waals surface area contributed by atoms with Gasteiger partial charge in [-0.05, 0) is 23.8 Å². The van der Waals surface area contributed by atoms with E-state index in [1.165, 1.54) is 11.6 Å². The highest BCUT2D eigenvalue weighted by Gasteiger charge is 2.21. The van der Waals surface area contributed by atoms with Gasteiger partial charge in [-0.25, -0.2) is 4.39 Å². The Balaban J connectivity index is 1.49. The summed E-state index contributed by atoms with van der Waals surface area (Å²) in [5.41, 5.74) is 1.58. The van der Waals surface area contributed by atoms with Crippen LogP contribution in [0, 0.1) is 5.82 Å². The van der Waals surface area contributed by atoms with E-state index < -0.39 is 6.10 Å². The Morgan fingerprint density at radius 2 is 1.71 bits per heavy atom. The van der Waals surface area contributed by atoms with Crippen molar-refractivity contribution in [2.24, 2.45) is 0 Å². The number of rotatable bonds is 5. The highest BCUT2D eigenvalue weighted by atomic mass is 35.5. The molecule has 1 fully saturated rings. The lowest BCUT2D eigenvalue weighted by Crippen LogP contribution is -2.47. The summed E-state index contributed by atoms with van der Waals surface area (Å²) < 4.78 is 13.7. The Kier molecular flexibility index (Phi) is 5.85. The molecule has 0 amide bonds. The largest absolute Gasteiger partial charge is 0.387 e. The van der Waals surface area contributed by atoms with Crippen molar-refractivity contribution in [2.75, 3.05) is 32.7 Å². The first-order valence-corrected chi connectivity index (χ1v) is 8.61. The molecule has 3 rings (SSSR count). The summed E-state index contributed by atoms with van der Waals surface area (Å²) in [6.07, 6.45) is -0.786. The molecule has 0 aliphatic carbocycles. The maximum atomic E-state index is 13.7. The van der Waals surface area contributed by atoms with Crippen molar-refractivity contribution in [2.45, 2.75) is 12.6 Å². The number of halogens is 2. The van der Waals surface area contributed by atoms with Gasteiger partial charge in [-0.2, -0.15) is 0 Å². The third-order valence-corrected chi connectivity index (χ3v) is 4.69. The number of hydrogen-bond acceptors (Lipinski definition) is 3. The molecule has 1 saturated heterocycles. The van der Waals surface area contributed by atoms with E-state index in [1.54, 1.807) is 18.2 Å². The molecule has 1 N–H and O–H groups in total. The van der Waals surface area contributed by atoms with Crippen molar-refractivity contribution in [3.63, 3.8) is 0 Å². The monoisotopic (exact) mass is 348 g/mol. The lowest BCUT2D eigenvalue weighted by molar-refractivity contribution is 0.0685. The number of aliphatic hydroxyl groups excluding tert-OH is 1. The quantitative estimate of drug-likeness (QED) is 0.897. The van der Waals surface area contributed by atoms with E-state index in [2.05, 4.69) is 15.9 Å². The zero-order valence-corrected chi connectivity index (χ0v) is 14.3. The van der Waals surface area contributed by atoms with Gasteiger partial charge in [-0.1, -0.05) is 41.9 Å². The van der Waals surface area contributed by atoms with Crippen LogP contribution in [0.15, 0.2) is 48.5 Å². The number of hydrogen-bond donors (Lipinski definition) is 1. The van der Waals surface area contributed by atoms with Crippen LogP contribution in [-0.4, -0.2) is 47.6 Å². The molecule has 1 aliphatic rings. The molecule has 2 aromatic carbocycles. The zero-order valence-electron chi connectivity index (χ0n) is 13.5. The highest BCUT2D eigenvalue weighted by Crippen LogP contribution is 2.19. The van der Waals surface area contributed by atoms with Crippen LogP contribution < -0.4 is 0 Å². The fourth-order valence-corrected chi connectivity index (χ4v) is 3.32. The van der Waals surface area contributed by atoms with Gasteiger partial charge >= 0.3 is 0 Å². The van der Waals surface area contributed by atoms with Crippen molar-refractivity contribution >= 4 is 11.6 Å².